The highest BCUT2D eigenvalue weighted by Crippen LogP contribution is 2.39. The SMILES string of the molecule is CNC(CC1CCC1)c1cc(Cl)c(OC)cc1Cl. The molecule has 0 amide bonds. The minimum absolute atomic E-state index is 0.270. The quantitative estimate of drug-likeness (QED) is 0.864. The van der Waals surface area contributed by atoms with Crippen molar-refractivity contribution in [1.29, 1.82) is 0 Å². The normalized spacial score (nSPS) is 17.3. The van der Waals surface area contributed by atoms with Crippen LogP contribution in [-0.2, 0) is 0 Å². The Bertz CT molecular complexity index is 419. The lowest BCUT2D eigenvalue weighted by Gasteiger charge is -2.30. The van der Waals surface area contributed by atoms with E-state index in [1.165, 1.54) is 19.3 Å². The van der Waals surface area contributed by atoms with Crippen LogP contribution < -0.4 is 10.1 Å². The van der Waals surface area contributed by atoms with Gasteiger partial charge in [0, 0.05) is 17.1 Å². The highest BCUT2D eigenvalue weighted by atomic mass is 35.5. The molecule has 2 nitrogen and oxygen atoms in total. The van der Waals surface area contributed by atoms with Crippen LogP contribution in [0, 0.1) is 5.92 Å². The zero-order valence-electron chi connectivity index (χ0n) is 10.8. The number of ether oxygens (including phenoxy) is 1. The fourth-order valence-corrected chi connectivity index (χ4v) is 2.96. The fraction of sp³-hybridized carbons (Fsp3) is 0.571. The summed E-state index contributed by atoms with van der Waals surface area (Å²) in [5, 5.41) is 4.67. The van der Waals surface area contributed by atoms with Gasteiger partial charge in [-0.15, -0.1) is 0 Å². The summed E-state index contributed by atoms with van der Waals surface area (Å²) in [7, 11) is 3.57. The third kappa shape index (κ3) is 2.93. The molecule has 1 unspecified atom stereocenters. The summed E-state index contributed by atoms with van der Waals surface area (Å²) in [5.41, 5.74) is 1.07. The molecule has 0 heterocycles. The van der Waals surface area contributed by atoms with Crippen molar-refractivity contribution in [2.24, 2.45) is 5.92 Å². The van der Waals surface area contributed by atoms with Crippen molar-refractivity contribution in [3.63, 3.8) is 0 Å². The Hall–Kier alpha value is -0.440. The Labute approximate surface area is 119 Å². The first-order valence-corrected chi connectivity index (χ1v) is 7.11. The molecule has 1 aromatic rings. The van der Waals surface area contributed by atoms with Gasteiger partial charge in [-0.05, 0) is 31.0 Å². The number of methoxy groups -OCH3 is 1. The van der Waals surface area contributed by atoms with Gasteiger partial charge in [0.05, 0.1) is 12.1 Å². The number of nitrogens with one attached hydrogen (secondary N) is 1. The average molecular weight is 288 g/mol. The van der Waals surface area contributed by atoms with Gasteiger partial charge in [0.2, 0.25) is 0 Å². The number of halogens is 2. The molecular formula is C14H19Cl2NO. The Kier molecular flexibility index (Phi) is 4.77. The van der Waals surface area contributed by atoms with Crippen molar-refractivity contribution in [2.45, 2.75) is 31.7 Å². The molecule has 0 aromatic heterocycles. The van der Waals surface area contributed by atoms with Gasteiger partial charge in [-0.25, -0.2) is 0 Å². The van der Waals surface area contributed by atoms with E-state index in [4.69, 9.17) is 27.9 Å². The van der Waals surface area contributed by atoms with Crippen LogP contribution in [0.2, 0.25) is 10.0 Å². The Morgan fingerprint density at radius 2 is 2.06 bits per heavy atom. The molecule has 0 radical (unpaired) electrons. The van der Waals surface area contributed by atoms with E-state index in [1.807, 2.05) is 13.1 Å². The van der Waals surface area contributed by atoms with Crippen LogP contribution in [0.25, 0.3) is 0 Å². The topological polar surface area (TPSA) is 21.3 Å². The van der Waals surface area contributed by atoms with Crippen LogP contribution in [0.15, 0.2) is 12.1 Å². The molecule has 4 heteroatoms. The number of benzene rings is 1. The molecule has 0 saturated heterocycles. The monoisotopic (exact) mass is 287 g/mol. The molecular weight excluding hydrogens is 269 g/mol. The molecule has 1 atom stereocenters. The van der Waals surface area contributed by atoms with E-state index in [-0.39, 0.29) is 6.04 Å². The molecule has 1 aromatic carbocycles. The lowest BCUT2D eigenvalue weighted by Crippen LogP contribution is -2.23. The summed E-state index contributed by atoms with van der Waals surface area (Å²) in [6.45, 7) is 0. The smallest absolute Gasteiger partial charge is 0.138 e. The van der Waals surface area contributed by atoms with Crippen LogP contribution in [0.5, 0.6) is 5.75 Å². The predicted octanol–water partition coefficient (Wildman–Crippen LogP) is 4.45. The second-order valence-electron chi connectivity index (χ2n) is 4.88. The summed E-state index contributed by atoms with van der Waals surface area (Å²) in [4.78, 5) is 0. The maximum atomic E-state index is 6.32. The highest BCUT2D eigenvalue weighted by molar-refractivity contribution is 6.34. The Morgan fingerprint density at radius 3 is 2.56 bits per heavy atom. The third-order valence-electron chi connectivity index (χ3n) is 3.79. The van der Waals surface area contributed by atoms with E-state index in [0.717, 1.165) is 22.9 Å². The lowest BCUT2D eigenvalue weighted by molar-refractivity contribution is 0.265. The highest BCUT2D eigenvalue weighted by Gasteiger charge is 2.24. The van der Waals surface area contributed by atoms with E-state index in [9.17, 15) is 0 Å². The minimum atomic E-state index is 0.270. The van der Waals surface area contributed by atoms with Gasteiger partial charge in [0.25, 0.3) is 0 Å². The van der Waals surface area contributed by atoms with E-state index in [0.29, 0.717) is 10.8 Å². The van der Waals surface area contributed by atoms with Gasteiger partial charge in [-0.1, -0.05) is 42.5 Å². The molecule has 18 heavy (non-hydrogen) atoms. The van der Waals surface area contributed by atoms with Gasteiger partial charge in [-0.3, -0.25) is 0 Å². The predicted molar refractivity (Wildman–Crippen MR) is 76.8 cm³/mol. The third-order valence-corrected chi connectivity index (χ3v) is 4.41. The number of rotatable bonds is 5. The molecule has 1 N–H and O–H groups in total. The van der Waals surface area contributed by atoms with Crippen molar-refractivity contribution in [3.8, 4) is 5.75 Å². The lowest BCUT2D eigenvalue weighted by atomic mass is 9.79. The minimum Gasteiger partial charge on any atom is -0.495 e. The van der Waals surface area contributed by atoms with E-state index in [2.05, 4.69) is 5.32 Å². The molecule has 1 aliphatic carbocycles. The van der Waals surface area contributed by atoms with Crippen molar-refractivity contribution in [1.82, 2.24) is 5.32 Å². The molecule has 1 saturated carbocycles. The fourth-order valence-electron chi connectivity index (χ4n) is 2.43. The van der Waals surface area contributed by atoms with Gasteiger partial charge < -0.3 is 10.1 Å². The first-order chi connectivity index (χ1) is 8.65. The summed E-state index contributed by atoms with van der Waals surface area (Å²) < 4.78 is 5.17. The molecule has 2 rings (SSSR count). The first-order valence-electron chi connectivity index (χ1n) is 6.36. The van der Waals surface area contributed by atoms with Crippen LogP contribution in [0.4, 0.5) is 0 Å². The maximum Gasteiger partial charge on any atom is 0.138 e. The maximum absolute atomic E-state index is 6.32. The van der Waals surface area contributed by atoms with Gasteiger partial charge in [-0.2, -0.15) is 0 Å². The van der Waals surface area contributed by atoms with Gasteiger partial charge >= 0.3 is 0 Å². The first kappa shape index (κ1) is 14.0. The molecule has 100 valence electrons. The molecule has 0 spiro atoms. The van der Waals surface area contributed by atoms with E-state index >= 15 is 0 Å². The molecule has 1 fully saturated rings. The van der Waals surface area contributed by atoms with Gasteiger partial charge in [0.15, 0.2) is 0 Å². The Morgan fingerprint density at radius 1 is 1.33 bits per heavy atom. The van der Waals surface area contributed by atoms with E-state index in [1.54, 1.807) is 13.2 Å². The molecule has 0 bridgehead atoms. The van der Waals surface area contributed by atoms with Crippen molar-refractivity contribution in [3.05, 3.63) is 27.7 Å². The summed E-state index contributed by atoms with van der Waals surface area (Å²) in [6.07, 6.45) is 5.15. The summed E-state index contributed by atoms with van der Waals surface area (Å²) in [5.74, 6) is 1.45. The van der Waals surface area contributed by atoms with Crippen LogP contribution >= 0.6 is 23.2 Å². The summed E-state index contributed by atoms with van der Waals surface area (Å²) in [6, 6.07) is 3.98. The number of hydrogen-bond donors (Lipinski definition) is 1. The van der Waals surface area contributed by atoms with Crippen LogP contribution in [-0.4, -0.2) is 14.2 Å². The zero-order chi connectivity index (χ0) is 13.1. The van der Waals surface area contributed by atoms with Crippen molar-refractivity contribution >= 4 is 23.2 Å². The Balaban J connectivity index is 2.21. The largest absolute Gasteiger partial charge is 0.495 e. The van der Waals surface area contributed by atoms with Crippen LogP contribution in [0.3, 0.4) is 0 Å². The average Bonchev–Trinajstić information content (AvgIpc) is 2.31. The van der Waals surface area contributed by atoms with Crippen molar-refractivity contribution in [2.75, 3.05) is 14.2 Å². The van der Waals surface area contributed by atoms with E-state index < -0.39 is 0 Å². The van der Waals surface area contributed by atoms with Crippen LogP contribution in [0.1, 0.15) is 37.3 Å². The summed E-state index contributed by atoms with van der Waals surface area (Å²) >= 11 is 12.5. The zero-order valence-corrected chi connectivity index (χ0v) is 12.3. The second kappa shape index (κ2) is 6.14. The van der Waals surface area contributed by atoms with Crippen molar-refractivity contribution < 1.29 is 4.74 Å². The molecule has 0 aliphatic heterocycles. The number of hydrogen-bond acceptors (Lipinski definition) is 2. The van der Waals surface area contributed by atoms with Gasteiger partial charge in [0.1, 0.15) is 5.75 Å². The second-order valence-corrected chi connectivity index (χ2v) is 5.70. The standard InChI is InChI=1S/C14H19Cl2NO/c1-17-13(6-9-4-3-5-9)10-7-12(16)14(18-2)8-11(10)15/h7-9,13,17H,3-6H2,1-2H3. The molecule has 1 aliphatic rings.